The molecule has 0 spiro atoms. The first-order chi connectivity index (χ1) is 9.20. The van der Waals surface area contributed by atoms with Gasteiger partial charge < -0.3 is 16.0 Å². The van der Waals surface area contributed by atoms with Crippen molar-refractivity contribution in [2.24, 2.45) is 0 Å². The molecule has 5 nitrogen and oxygen atoms in total. The number of nitrogens with two attached hydrogens (primary N) is 1. The fourth-order valence-electron chi connectivity index (χ4n) is 2.49. The third-order valence-electron chi connectivity index (χ3n) is 3.47. The molecule has 0 aromatic carbocycles. The number of rotatable bonds is 4. The van der Waals surface area contributed by atoms with Crippen LogP contribution in [0.5, 0.6) is 0 Å². The number of anilines is 2. The van der Waals surface area contributed by atoms with Crippen LogP contribution in [0.15, 0.2) is 12.3 Å². The monoisotopic (exact) mass is 259 g/mol. The second-order valence-electron chi connectivity index (χ2n) is 5.14. The molecule has 0 amide bonds. The fourth-order valence-corrected chi connectivity index (χ4v) is 2.49. The highest BCUT2D eigenvalue weighted by Crippen LogP contribution is 2.20. The van der Waals surface area contributed by atoms with Crippen LogP contribution in [0.4, 0.5) is 11.5 Å². The Bertz CT molecular complexity index is 459. The number of nitrogens with zero attached hydrogens (tertiary/aromatic N) is 3. The lowest BCUT2D eigenvalue weighted by atomic mass is 10.1. The third kappa shape index (κ3) is 3.58. The van der Waals surface area contributed by atoms with E-state index < -0.39 is 0 Å². The summed E-state index contributed by atoms with van der Waals surface area (Å²) < 4.78 is 0. The molecule has 19 heavy (non-hydrogen) atoms. The van der Waals surface area contributed by atoms with Gasteiger partial charge in [0.1, 0.15) is 6.07 Å². The number of nitrogen functional groups attached to an aromatic ring is 1. The standard InChI is InChI=1S/C14H21N5/c1-11(10-19-7-3-2-4-8-19)18-14-13(16)12(9-15)5-6-17-14/h5-6,11H,2-4,7-8,10,16H2,1H3,(H,17,18). The van der Waals surface area contributed by atoms with E-state index in [0.29, 0.717) is 17.1 Å². The predicted molar refractivity (Wildman–Crippen MR) is 76.7 cm³/mol. The minimum absolute atomic E-state index is 0.266. The van der Waals surface area contributed by atoms with Crippen molar-refractivity contribution in [3.05, 3.63) is 17.8 Å². The fraction of sp³-hybridized carbons (Fsp3) is 0.571. The topological polar surface area (TPSA) is 78.0 Å². The molecule has 1 unspecified atom stereocenters. The van der Waals surface area contributed by atoms with E-state index in [0.717, 1.165) is 6.54 Å². The lowest BCUT2D eigenvalue weighted by molar-refractivity contribution is 0.223. The van der Waals surface area contributed by atoms with Crippen molar-refractivity contribution in [1.82, 2.24) is 9.88 Å². The maximum Gasteiger partial charge on any atom is 0.150 e. The van der Waals surface area contributed by atoms with E-state index in [1.54, 1.807) is 12.3 Å². The van der Waals surface area contributed by atoms with Gasteiger partial charge in [0.05, 0.1) is 11.3 Å². The zero-order chi connectivity index (χ0) is 13.7. The van der Waals surface area contributed by atoms with E-state index in [2.05, 4.69) is 28.2 Å². The van der Waals surface area contributed by atoms with E-state index in [4.69, 9.17) is 11.0 Å². The normalized spacial score (nSPS) is 17.7. The number of nitrogens with one attached hydrogen (secondary N) is 1. The van der Waals surface area contributed by atoms with Crippen molar-refractivity contribution in [2.45, 2.75) is 32.2 Å². The summed E-state index contributed by atoms with van der Waals surface area (Å²) in [4.78, 5) is 6.68. The second kappa shape index (κ2) is 6.39. The molecule has 1 fully saturated rings. The van der Waals surface area contributed by atoms with Gasteiger partial charge in [-0.3, -0.25) is 0 Å². The predicted octanol–water partition coefficient (Wildman–Crippen LogP) is 1.82. The Hall–Kier alpha value is -1.80. The average molecular weight is 259 g/mol. The van der Waals surface area contributed by atoms with E-state index in [-0.39, 0.29) is 6.04 Å². The first-order valence-electron chi connectivity index (χ1n) is 6.84. The Kier molecular flexibility index (Phi) is 4.58. The van der Waals surface area contributed by atoms with Gasteiger partial charge in [-0.05, 0) is 38.9 Å². The molecular weight excluding hydrogens is 238 g/mol. The van der Waals surface area contributed by atoms with Crippen LogP contribution >= 0.6 is 0 Å². The van der Waals surface area contributed by atoms with Gasteiger partial charge >= 0.3 is 0 Å². The molecule has 2 heterocycles. The molecule has 0 aliphatic carbocycles. The highest BCUT2D eigenvalue weighted by atomic mass is 15.2. The van der Waals surface area contributed by atoms with Gasteiger partial charge in [0.25, 0.3) is 0 Å². The molecule has 1 aliphatic rings. The molecule has 3 N–H and O–H groups in total. The molecule has 1 aromatic rings. The van der Waals surface area contributed by atoms with Crippen molar-refractivity contribution < 1.29 is 0 Å². The van der Waals surface area contributed by atoms with Gasteiger partial charge in [-0.15, -0.1) is 0 Å². The molecule has 1 aliphatic heterocycles. The molecular formula is C14H21N5. The van der Waals surface area contributed by atoms with Gasteiger partial charge in [-0.2, -0.15) is 5.26 Å². The highest BCUT2D eigenvalue weighted by Gasteiger charge is 2.15. The lowest BCUT2D eigenvalue weighted by Crippen LogP contribution is -2.38. The van der Waals surface area contributed by atoms with Gasteiger partial charge in [-0.1, -0.05) is 6.42 Å². The van der Waals surface area contributed by atoms with Crippen molar-refractivity contribution in [1.29, 1.82) is 5.26 Å². The summed E-state index contributed by atoms with van der Waals surface area (Å²) in [6.45, 7) is 5.45. The summed E-state index contributed by atoms with van der Waals surface area (Å²) in [5.74, 6) is 0.614. The summed E-state index contributed by atoms with van der Waals surface area (Å²) in [7, 11) is 0. The molecule has 1 aromatic heterocycles. The maximum atomic E-state index is 8.94. The Morgan fingerprint density at radius 1 is 1.47 bits per heavy atom. The van der Waals surface area contributed by atoms with Crippen molar-refractivity contribution in [2.75, 3.05) is 30.7 Å². The molecule has 1 saturated heterocycles. The van der Waals surface area contributed by atoms with E-state index in [1.165, 1.54) is 32.4 Å². The molecule has 102 valence electrons. The van der Waals surface area contributed by atoms with Crippen LogP contribution in [0, 0.1) is 11.3 Å². The zero-order valence-corrected chi connectivity index (χ0v) is 11.4. The van der Waals surface area contributed by atoms with Gasteiger partial charge in [0, 0.05) is 18.8 Å². The lowest BCUT2D eigenvalue weighted by Gasteiger charge is -2.29. The Labute approximate surface area is 114 Å². The van der Waals surface area contributed by atoms with E-state index >= 15 is 0 Å². The summed E-state index contributed by atoms with van der Waals surface area (Å²) in [6.07, 6.45) is 5.54. The minimum Gasteiger partial charge on any atom is -0.395 e. The summed E-state index contributed by atoms with van der Waals surface area (Å²) >= 11 is 0. The highest BCUT2D eigenvalue weighted by molar-refractivity contribution is 5.69. The summed E-state index contributed by atoms with van der Waals surface area (Å²) in [6, 6.07) is 3.98. The van der Waals surface area contributed by atoms with Crippen molar-refractivity contribution in [3.63, 3.8) is 0 Å². The van der Waals surface area contributed by atoms with E-state index in [1.807, 2.05) is 0 Å². The SMILES string of the molecule is CC(CN1CCCCC1)Nc1nccc(C#N)c1N. The zero-order valence-electron chi connectivity index (χ0n) is 11.4. The Morgan fingerprint density at radius 3 is 2.89 bits per heavy atom. The average Bonchev–Trinajstić information content (AvgIpc) is 2.42. The van der Waals surface area contributed by atoms with Crippen LogP contribution in [-0.2, 0) is 0 Å². The number of nitriles is 1. The van der Waals surface area contributed by atoms with Crippen molar-refractivity contribution in [3.8, 4) is 6.07 Å². The molecule has 1 atom stereocenters. The Morgan fingerprint density at radius 2 is 2.21 bits per heavy atom. The molecule has 0 bridgehead atoms. The molecule has 0 saturated carbocycles. The molecule has 0 radical (unpaired) electrons. The van der Waals surface area contributed by atoms with Crippen LogP contribution in [0.2, 0.25) is 0 Å². The van der Waals surface area contributed by atoms with Crippen LogP contribution in [0.3, 0.4) is 0 Å². The first kappa shape index (κ1) is 13.6. The van der Waals surface area contributed by atoms with Crippen LogP contribution in [0.1, 0.15) is 31.7 Å². The number of hydrogen-bond acceptors (Lipinski definition) is 5. The minimum atomic E-state index is 0.266. The number of hydrogen-bond donors (Lipinski definition) is 2. The maximum absolute atomic E-state index is 8.94. The number of pyridine rings is 1. The van der Waals surface area contributed by atoms with Crippen LogP contribution in [0.25, 0.3) is 0 Å². The van der Waals surface area contributed by atoms with Crippen LogP contribution in [-0.4, -0.2) is 35.6 Å². The molecule has 5 heteroatoms. The second-order valence-corrected chi connectivity index (χ2v) is 5.14. The third-order valence-corrected chi connectivity index (χ3v) is 3.47. The van der Waals surface area contributed by atoms with Crippen molar-refractivity contribution >= 4 is 11.5 Å². The van der Waals surface area contributed by atoms with Gasteiger partial charge in [0.15, 0.2) is 5.82 Å². The summed E-state index contributed by atoms with van der Waals surface area (Å²) in [5, 5.41) is 12.2. The van der Waals surface area contributed by atoms with Gasteiger partial charge in [-0.25, -0.2) is 4.98 Å². The van der Waals surface area contributed by atoms with Crippen LogP contribution < -0.4 is 11.1 Å². The largest absolute Gasteiger partial charge is 0.395 e. The number of piperidine rings is 1. The van der Waals surface area contributed by atoms with E-state index in [9.17, 15) is 0 Å². The number of aromatic nitrogens is 1. The summed E-state index contributed by atoms with van der Waals surface area (Å²) in [5.41, 5.74) is 6.83. The molecule has 2 rings (SSSR count). The first-order valence-corrected chi connectivity index (χ1v) is 6.84. The quantitative estimate of drug-likeness (QED) is 0.862. The smallest absolute Gasteiger partial charge is 0.150 e. The van der Waals surface area contributed by atoms with Gasteiger partial charge in [0.2, 0.25) is 0 Å². The Balaban J connectivity index is 1.95. The number of likely N-dealkylation sites (tertiary alicyclic amines) is 1.